The maximum Gasteiger partial charge on any atom is 0.416 e. The van der Waals surface area contributed by atoms with Gasteiger partial charge in [0.15, 0.2) is 0 Å². The van der Waals surface area contributed by atoms with E-state index >= 15 is 0 Å². The highest BCUT2D eigenvalue weighted by Crippen LogP contribution is 2.46. The SMILES string of the molecule is O=C1C[C@](CC(=O)N2CCCC[C@@H]2c2cccnc2)(c2cccc(C(F)(F)F)c2)C(=O)N1C1CC1. The van der Waals surface area contributed by atoms with Crippen molar-refractivity contribution in [3.63, 3.8) is 0 Å². The molecular weight excluding hydrogens is 459 g/mol. The van der Waals surface area contributed by atoms with Crippen molar-refractivity contribution in [1.82, 2.24) is 14.8 Å². The van der Waals surface area contributed by atoms with Crippen LogP contribution in [0.4, 0.5) is 13.2 Å². The molecule has 1 saturated carbocycles. The highest BCUT2D eigenvalue weighted by atomic mass is 19.4. The van der Waals surface area contributed by atoms with Crippen LogP contribution in [0.15, 0.2) is 48.8 Å². The molecule has 2 atom stereocenters. The van der Waals surface area contributed by atoms with Crippen molar-refractivity contribution >= 4 is 17.7 Å². The van der Waals surface area contributed by atoms with E-state index in [0.29, 0.717) is 19.4 Å². The number of hydrogen-bond donors (Lipinski definition) is 0. The molecule has 0 unspecified atom stereocenters. The van der Waals surface area contributed by atoms with Crippen LogP contribution in [0, 0.1) is 0 Å². The maximum absolute atomic E-state index is 13.7. The molecule has 3 amide bonds. The Bertz CT molecular complexity index is 1150. The van der Waals surface area contributed by atoms with E-state index in [1.165, 1.54) is 17.0 Å². The van der Waals surface area contributed by atoms with Crippen molar-refractivity contribution in [2.45, 2.75) is 68.6 Å². The van der Waals surface area contributed by atoms with Crippen LogP contribution in [0.5, 0.6) is 0 Å². The molecule has 1 aliphatic carbocycles. The van der Waals surface area contributed by atoms with Crippen molar-refractivity contribution in [1.29, 1.82) is 0 Å². The van der Waals surface area contributed by atoms with Crippen molar-refractivity contribution in [3.05, 3.63) is 65.5 Å². The fourth-order valence-corrected chi connectivity index (χ4v) is 5.43. The van der Waals surface area contributed by atoms with E-state index in [-0.39, 0.29) is 36.4 Å². The number of aromatic nitrogens is 1. The highest BCUT2D eigenvalue weighted by molar-refractivity contribution is 6.11. The highest BCUT2D eigenvalue weighted by Gasteiger charge is 2.57. The average Bonchev–Trinajstić information content (AvgIpc) is 3.65. The maximum atomic E-state index is 13.7. The van der Waals surface area contributed by atoms with Gasteiger partial charge >= 0.3 is 6.18 Å². The predicted molar refractivity (Wildman–Crippen MR) is 120 cm³/mol. The first-order valence-corrected chi connectivity index (χ1v) is 11.9. The Morgan fingerprint density at radius 3 is 2.57 bits per heavy atom. The third-order valence-corrected chi connectivity index (χ3v) is 7.35. The van der Waals surface area contributed by atoms with Crippen molar-refractivity contribution in [2.24, 2.45) is 0 Å². The van der Waals surface area contributed by atoms with Crippen molar-refractivity contribution < 1.29 is 27.6 Å². The van der Waals surface area contributed by atoms with Crippen molar-refractivity contribution in [2.75, 3.05) is 6.54 Å². The predicted octanol–water partition coefficient (Wildman–Crippen LogP) is 4.40. The van der Waals surface area contributed by atoms with Gasteiger partial charge in [-0.1, -0.05) is 24.3 Å². The monoisotopic (exact) mass is 485 g/mol. The molecule has 184 valence electrons. The summed E-state index contributed by atoms with van der Waals surface area (Å²) in [6, 6.07) is 7.76. The largest absolute Gasteiger partial charge is 0.416 e. The van der Waals surface area contributed by atoms with Gasteiger partial charge in [0.05, 0.1) is 17.0 Å². The van der Waals surface area contributed by atoms with Crippen LogP contribution in [0.25, 0.3) is 0 Å². The minimum atomic E-state index is -4.61. The fraction of sp³-hybridized carbons (Fsp3) is 0.462. The van der Waals surface area contributed by atoms with E-state index in [2.05, 4.69) is 4.98 Å². The second kappa shape index (κ2) is 8.77. The summed E-state index contributed by atoms with van der Waals surface area (Å²) in [7, 11) is 0. The standard InChI is InChI=1S/C26H26F3N3O3/c27-26(28,29)19-7-3-6-18(13-19)25(15-23(34)32(24(25)35)20-9-10-20)14-22(33)31-12-2-1-8-21(31)17-5-4-11-30-16-17/h3-7,11,13,16,20-21H,1-2,8-10,12,14-15H2/t21-,25-/m1/s1. The van der Waals surface area contributed by atoms with E-state index < -0.39 is 29.0 Å². The quantitative estimate of drug-likeness (QED) is 0.589. The number of hydrogen-bond acceptors (Lipinski definition) is 4. The summed E-state index contributed by atoms with van der Waals surface area (Å²) in [6.07, 6.45) is 1.90. The Hall–Kier alpha value is -3.23. The molecule has 2 aliphatic heterocycles. The molecule has 3 aliphatic rings. The summed E-state index contributed by atoms with van der Waals surface area (Å²) >= 11 is 0. The van der Waals surface area contributed by atoms with Gasteiger partial charge in [0.1, 0.15) is 0 Å². The van der Waals surface area contributed by atoms with Gasteiger partial charge in [-0.05, 0) is 55.4 Å². The number of halogens is 3. The van der Waals surface area contributed by atoms with Gasteiger partial charge in [0.2, 0.25) is 17.7 Å². The Balaban J connectivity index is 1.52. The van der Waals surface area contributed by atoms with Crippen LogP contribution >= 0.6 is 0 Å². The zero-order valence-electron chi connectivity index (χ0n) is 19.1. The number of carbonyl (C=O) groups excluding carboxylic acids is 3. The molecule has 0 radical (unpaired) electrons. The molecular formula is C26H26F3N3O3. The van der Waals surface area contributed by atoms with Crippen LogP contribution in [0.2, 0.25) is 0 Å². The van der Waals surface area contributed by atoms with Gasteiger partial charge in [-0.15, -0.1) is 0 Å². The molecule has 6 nitrogen and oxygen atoms in total. The zero-order chi connectivity index (χ0) is 24.8. The van der Waals surface area contributed by atoms with E-state index in [4.69, 9.17) is 0 Å². The van der Waals surface area contributed by atoms with Crippen LogP contribution in [0.1, 0.15) is 67.7 Å². The Kier molecular flexibility index (Phi) is 5.89. The first kappa shape index (κ1) is 23.5. The fourth-order valence-electron chi connectivity index (χ4n) is 5.43. The smallest absolute Gasteiger partial charge is 0.336 e. The third kappa shape index (κ3) is 4.32. The summed E-state index contributed by atoms with van der Waals surface area (Å²) in [6.45, 7) is 0.478. The van der Waals surface area contributed by atoms with Crippen molar-refractivity contribution in [3.8, 4) is 0 Å². The Morgan fingerprint density at radius 1 is 1.09 bits per heavy atom. The third-order valence-electron chi connectivity index (χ3n) is 7.35. The lowest BCUT2D eigenvalue weighted by Gasteiger charge is -2.38. The van der Waals surface area contributed by atoms with Crippen LogP contribution in [-0.2, 0) is 26.0 Å². The van der Waals surface area contributed by atoms with E-state index in [0.717, 1.165) is 37.0 Å². The molecule has 35 heavy (non-hydrogen) atoms. The molecule has 3 heterocycles. The number of imide groups is 1. The second-order valence-electron chi connectivity index (χ2n) is 9.70. The van der Waals surface area contributed by atoms with Gasteiger partial charge in [0.25, 0.3) is 0 Å². The van der Waals surface area contributed by atoms with Crippen LogP contribution in [0.3, 0.4) is 0 Å². The summed E-state index contributed by atoms with van der Waals surface area (Å²) in [4.78, 5) is 47.4. The number of pyridine rings is 1. The van der Waals surface area contributed by atoms with Gasteiger partial charge in [-0.3, -0.25) is 24.3 Å². The molecule has 3 fully saturated rings. The number of carbonyl (C=O) groups is 3. The molecule has 1 aromatic carbocycles. The van der Waals surface area contributed by atoms with E-state index in [9.17, 15) is 27.6 Å². The summed E-state index contributed by atoms with van der Waals surface area (Å²) in [5.41, 5.74) is -1.60. The van der Waals surface area contributed by atoms with E-state index in [1.54, 1.807) is 23.4 Å². The number of nitrogens with zero attached hydrogens (tertiary/aromatic N) is 3. The summed E-state index contributed by atoms with van der Waals surface area (Å²) in [5.74, 6) is -1.33. The van der Waals surface area contributed by atoms with Gasteiger partial charge < -0.3 is 4.90 Å². The molecule has 2 aromatic rings. The van der Waals surface area contributed by atoms with Gasteiger partial charge in [-0.2, -0.15) is 13.2 Å². The second-order valence-corrected chi connectivity index (χ2v) is 9.70. The molecule has 2 saturated heterocycles. The number of benzene rings is 1. The lowest BCUT2D eigenvalue weighted by molar-refractivity contribution is -0.144. The molecule has 0 N–H and O–H groups in total. The summed E-state index contributed by atoms with van der Waals surface area (Å²) < 4.78 is 40.6. The Morgan fingerprint density at radius 2 is 1.89 bits per heavy atom. The average molecular weight is 486 g/mol. The topological polar surface area (TPSA) is 70.6 Å². The number of alkyl halides is 3. The molecule has 0 spiro atoms. The van der Waals surface area contributed by atoms with Gasteiger partial charge in [-0.25, -0.2) is 0 Å². The van der Waals surface area contributed by atoms with Crippen LogP contribution in [-0.4, -0.2) is 45.1 Å². The number of amides is 3. The summed E-state index contributed by atoms with van der Waals surface area (Å²) in [5, 5.41) is 0. The first-order chi connectivity index (χ1) is 16.7. The Labute approximate surface area is 201 Å². The van der Waals surface area contributed by atoms with Gasteiger partial charge in [0, 0.05) is 37.8 Å². The lowest BCUT2D eigenvalue weighted by Crippen LogP contribution is -2.46. The minimum Gasteiger partial charge on any atom is -0.336 e. The lowest BCUT2D eigenvalue weighted by atomic mass is 9.74. The normalized spacial score (nSPS) is 25.3. The molecule has 1 aromatic heterocycles. The molecule has 5 rings (SSSR count). The molecule has 9 heteroatoms. The van der Waals surface area contributed by atoms with Crippen LogP contribution < -0.4 is 0 Å². The first-order valence-electron chi connectivity index (χ1n) is 11.9. The number of piperidine rings is 1. The molecule has 0 bridgehead atoms. The number of likely N-dealkylation sites (tertiary alicyclic amines) is 2. The minimum absolute atomic E-state index is 0.0668. The zero-order valence-corrected chi connectivity index (χ0v) is 19.1. The number of rotatable bonds is 5. The van der Waals surface area contributed by atoms with E-state index in [1.807, 2.05) is 6.07 Å².